The van der Waals surface area contributed by atoms with Gasteiger partial charge in [0.1, 0.15) is 5.78 Å². The summed E-state index contributed by atoms with van der Waals surface area (Å²) < 4.78 is 0. The lowest BCUT2D eigenvalue weighted by Crippen LogP contribution is -2.31. The van der Waals surface area contributed by atoms with Crippen molar-refractivity contribution in [2.75, 3.05) is 0 Å². The van der Waals surface area contributed by atoms with Crippen LogP contribution in [-0.4, -0.2) is 16.5 Å². The summed E-state index contributed by atoms with van der Waals surface area (Å²) in [4.78, 5) is 11.1. The van der Waals surface area contributed by atoms with E-state index in [9.17, 15) is 9.90 Å². The molecule has 0 amide bonds. The van der Waals surface area contributed by atoms with Gasteiger partial charge in [0.05, 0.1) is 5.60 Å². The Balaban J connectivity index is 1.70. The van der Waals surface area contributed by atoms with E-state index >= 15 is 0 Å². The standard InChI is InChI=1S/C17H22O2/c18-16-10-13-17(19,14-11-16)12-6-2-5-9-15-7-3-1-4-8-15/h1,3-4,6-8,12,19H,2,5,9-11,13-14H2. The SMILES string of the molecule is O=C1CCC(O)(C=CCCCc2ccccc2)CC1. The van der Waals surface area contributed by atoms with E-state index in [1.165, 1.54) is 5.56 Å². The average Bonchev–Trinajstić information content (AvgIpc) is 2.43. The van der Waals surface area contributed by atoms with E-state index < -0.39 is 5.60 Å². The highest BCUT2D eigenvalue weighted by atomic mass is 16.3. The van der Waals surface area contributed by atoms with Crippen molar-refractivity contribution in [1.29, 1.82) is 0 Å². The second kappa shape index (κ2) is 6.67. The first-order valence-electron chi connectivity index (χ1n) is 7.14. The molecule has 19 heavy (non-hydrogen) atoms. The number of carbonyl (C=O) groups is 1. The minimum absolute atomic E-state index is 0.280. The van der Waals surface area contributed by atoms with Crippen LogP contribution in [0.2, 0.25) is 0 Å². The zero-order valence-corrected chi connectivity index (χ0v) is 11.3. The monoisotopic (exact) mass is 258 g/mol. The summed E-state index contributed by atoms with van der Waals surface area (Å²) in [6.45, 7) is 0. The predicted molar refractivity (Wildman–Crippen MR) is 76.9 cm³/mol. The van der Waals surface area contributed by atoms with Gasteiger partial charge in [-0.2, -0.15) is 0 Å². The molecule has 102 valence electrons. The Labute approximate surface area is 115 Å². The number of unbranched alkanes of at least 4 members (excludes halogenated alkanes) is 1. The minimum Gasteiger partial charge on any atom is -0.386 e. The summed E-state index contributed by atoms with van der Waals surface area (Å²) in [7, 11) is 0. The summed E-state index contributed by atoms with van der Waals surface area (Å²) >= 11 is 0. The molecule has 0 bridgehead atoms. The van der Waals surface area contributed by atoms with E-state index in [1.54, 1.807) is 0 Å². The molecule has 0 heterocycles. The number of aryl methyl sites for hydroxylation is 1. The summed E-state index contributed by atoms with van der Waals surface area (Å²) in [5.74, 6) is 0.280. The van der Waals surface area contributed by atoms with Gasteiger partial charge in [0.2, 0.25) is 0 Å². The van der Waals surface area contributed by atoms with Crippen LogP contribution in [0.5, 0.6) is 0 Å². The van der Waals surface area contributed by atoms with Crippen LogP contribution in [0.4, 0.5) is 0 Å². The third-order valence-corrected chi connectivity index (χ3v) is 3.78. The van der Waals surface area contributed by atoms with Crippen molar-refractivity contribution >= 4 is 5.78 Å². The molecule has 1 aliphatic carbocycles. The van der Waals surface area contributed by atoms with Crippen molar-refractivity contribution in [3.63, 3.8) is 0 Å². The van der Waals surface area contributed by atoms with Crippen LogP contribution in [0.15, 0.2) is 42.5 Å². The minimum atomic E-state index is -0.735. The fourth-order valence-electron chi connectivity index (χ4n) is 2.50. The van der Waals surface area contributed by atoms with Crippen molar-refractivity contribution < 1.29 is 9.90 Å². The molecule has 1 N–H and O–H groups in total. The number of allylic oxidation sites excluding steroid dienone is 1. The van der Waals surface area contributed by atoms with Crippen LogP contribution < -0.4 is 0 Å². The third-order valence-electron chi connectivity index (χ3n) is 3.78. The van der Waals surface area contributed by atoms with Crippen LogP contribution in [-0.2, 0) is 11.2 Å². The van der Waals surface area contributed by atoms with Gasteiger partial charge in [-0.15, -0.1) is 0 Å². The molecule has 0 spiro atoms. The van der Waals surface area contributed by atoms with Gasteiger partial charge in [-0.1, -0.05) is 42.5 Å². The molecule has 2 heteroatoms. The first kappa shape index (κ1) is 14.0. The normalized spacial score (nSPS) is 18.9. The van der Waals surface area contributed by atoms with E-state index in [2.05, 4.69) is 30.3 Å². The van der Waals surface area contributed by atoms with E-state index in [4.69, 9.17) is 0 Å². The van der Waals surface area contributed by atoms with Crippen molar-refractivity contribution in [1.82, 2.24) is 0 Å². The van der Waals surface area contributed by atoms with Crippen LogP contribution in [0.25, 0.3) is 0 Å². The zero-order valence-electron chi connectivity index (χ0n) is 11.3. The first-order valence-corrected chi connectivity index (χ1v) is 7.14. The molecule has 1 fully saturated rings. The third kappa shape index (κ3) is 4.64. The number of benzene rings is 1. The molecule has 0 aromatic heterocycles. The maximum Gasteiger partial charge on any atom is 0.133 e. The Morgan fingerprint density at radius 1 is 1.16 bits per heavy atom. The lowest BCUT2D eigenvalue weighted by atomic mass is 9.84. The Morgan fingerprint density at radius 3 is 2.53 bits per heavy atom. The Morgan fingerprint density at radius 2 is 1.84 bits per heavy atom. The Kier molecular flexibility index (Phi) is 4.92. The second-order valence-electron chi connectivity index (χ2n) is 5.42. The molecule has 0 atom stereocenters. The lowest BCUT2D eigenvalue weighted by molar-refractivity contribution is -0.123. The molecule has 2 rings (SSSR count). The van der Waals surface area contributed by atoms with Crippen LogP contribution in [0.3, 0.4) is 0 Å². The molecular weight excluding hydrogens is 236 g/mol. The van der Waals surface area contributed by atoms with Gasteiger partial charge in [0.25, 0.3) is 0 Å². The summed E-state index contributed by atoms with van der Waals surface area (Å²) in [6.07, 6.45) is 9.32. The van der Waals surface area contributed by atoms with E-state index in [1.807, 2.05) is 12.1 Å². The van der Waals surface area contributed by atoms with Crippen LogP contribution >= 0.6 is 0 Å². The number of hydrogen-bond donors (Lipinski definition) is 1. The van der Waals surface area contributed by atoms with E-state index in [0.29, 0.717) is 25.7 Å². The van der Waals surface area contributed by atoms with Crippen LogP contribution in [0.1, 0.15) is 44.1 Å². The summed E-state index contributed by atoms with van der Waals surface area (Å²) in [5.41, 5.74) is 0.624. The van der Waals surface area contributed by atoms with Crippen LogP contribution in [0, 0.1) is 0 Å². The quantitative estimate of drug-likeness (QED) is 0.649. The van der Waals surface area contributed by atoms with E-state index in [0.717, 1.165) is 19.3 Å². The topological polar surface area (TPSA) is 37.3 Å². The Bertz CT molecular complexity index is 424. The van der Waals surface area contributed by atoms with Gasteiger partial charge in [-0.25, -0.2) is 0 Å². The summed E-state index contributed by atoms with van der Waals surface area (Å²) in [5, 5.41) is 10.3. The largest absolute Gasteiger partial charge is 0.386 e. The molecule has 0 saturated heterocycles. The van der Waals surface area contributed by atoms with Crippen molar-refractivity contribution in [3.8, 4) is 0 Å². The van der Waals surface area contributed by atoms with Gasteiger partial charge >= 0.3 is 0 Å². The molecule has 1 aromatic carbocycles. The number of Topliss-reactive ketones (excluding diaryl/α,β-unsaturated/α-hetero) is 1. The number of carbonyl (C=O) groups excluding carboxylic acids is 1. The molecule has 0 aliphatic heterocycles. The van der Waals surface area contributed by atoms with Crippen molar-refractivity contribution in [3.05, 3.63) is 48.0 Å². The van der Waals surface area contributed by atoms with Gasteiger partial charge in [-0.05, 0) is 37.7 Å². The molecule has 1 aliphatic rings. The maximum atomic E-state index is 11.1. The highest BCUT2D eigenvalue weighted by molar-refractivity contribution is 5.79. The number of aliphatic hydroxyl groups is 1. The average molecular weight is 258 g/mol. The zero-order chi connectivity index (χ0) is 13.6. The van der Waals surface area contributed by atoms with Gasteiger partial charge in [0.15, 0.2) is 0 Å². The van der Waals surface area contributed by atoms with Crippen molar-refractivity contribution in [2.45, 2.75) is 50.5 Å². The maximum absolute atomic E-state index is 11.1. The number of hydrogen-bond acceptors (Lipinski definition) is 2. The fourth-order valence-corrected chi connectivity index (χ4v) is 2.50. The summed E-state index contributed by atoms with van der Waals surface area (Å²) in [6, 6.07) is 10.4. The lowest BCUT2D eigenvalue weighted by Gasteiger charge is -2.28. The fraction of sp³-hybridized carbons (Fsp3) is 0.471. The molecule has 1 saturated carbocycles. The van der Waals surface area contributed by atoms with Gasteiger partial charge in [0, 0.05) is 12.8 Å². The molecule has 1 aromatic rings. The smallest absolute Gasteiger partial charge is 0.133 e. The molecule has 0 unspecified atom stereocenters. The molecular formula is C17H22O2. The highest BCUT2D eigenvalue weighted by Crippen LogP contribution is 2.27. The van der Waals surface area contributed by atoms with Crippen molar-refractivity contribution in [2.24, 2.45) is 0 Å². The van der Waals surface area contributed by atoms with Gasteiger partial charge in [-0.3, -0.25) is 4.79 Å². The number of ketones is 1. The first-order chi connectivity index (χ1) is 9.18. The molecule has 2 nitrogen and oxygen atoms in total. The Hall–Kier alpha value is -1.41. The van der Waals surface area contributed by atoms with Gasteiger partial charge < -0.3 is 5.11 Å². The predicted octanol–water partition coefficient (Wildman–Crippen LogP) is 3.44. The molecule has 0 radical (unpaired) electrons. The number of rotatable bonds is 5. The second-order valence-corrected chi connectivity index (χ2v) is 5.42. The van der Waals surface area contributed by atoms with E-state index in [-0.39, 0.29) is 5.78 Å². The highest BCUT2D eigenvalue weighted by Gasteiger charge is 2.29.